The summed E-state index contributed by atoms with van der Waals surface area (Å²) in [4.78, 5) is 29.8. The Morgan fingerprint density at radius 1 is 1.11 bits per heavy atom. The Labute approximate surface area is 156 Å². The molecule has 27 heavy (non-hydrogen) atoms. The third-order valence-electron chi connectivity index (χ3n) is 4.05. The van der Waals surface area contributed by atoms with Crippen molar-refractivity contribution in [2.45, 2.75) is 6.92 Å². The smallest absolute Gasteiger partial charge is 0.278 e. The number of aryl methyl sites for hydroxylation is 1. The Hall–Kier alpha value is -3.39. The van der Waals surface area contributed by atoms with Crippen molar-refractivity contribution in [1.82, 2.24) is 15.2 Å². The predicted molar refractivity (Wildman–Crippen MR) is 103 cm³/mol. The molecule has 4 aromatic rings. The van der Waals surface area contributed by atoms with Crippen molar-refractivity contribution in [3.05, 3.63) is 75.3 Å². The Bertz CT molecular complexity index is 1210. The minimum absolute atomic E-state index is 0.112. The number of H-pyrrole nitrogens is 1. The molecule has 8 heteroatoms. The molecular formula is C19H13FN4O2S. The van der Waals surface area contributed by atoms with Crippen LogP contribution in [0.5, 0.6) is 0 Å². The first kappa shape index (κ1) is 17.0. The van der Waals surface area contributed by atoms with Crippen LogP contribution >= 0.6 is 11.3 Å². The van der Waals surface area contributed by atoms with E-state index in [0.29, 0.717) is 21.6 Å². The molecule has 0 saturated heterocycles. The molecule has 0 aliphatic heterocycles. The van der Waals surface area contributed by atoms with Crippen LogP contribution in [0.2, 0.25) is 0 Å². The maximum atomic E-state index is 13.1. The largest absolute Gasteiger partial charge is 0.296 e. The van der Waals surface area contributed by atoms with E-state index in [1.54, 1.807) is 36.4 Å². The number of rotatable bonds is 3. The fourth-order valence-electron chi connectivity index (χ4n) is 2.77. The number of carbonyl (C=O) groups excluding carboxylic acids is 1. The van der Waals surface area contributed by atoms with Crippen molar-refractivity contribution < 1.29 is 9.18 Å². The number of nitrogens with zero attached hydrogens (tertiary/aromatic N) is 2. The highest BCUT2D eigenvalue weighted by molar-refractivity contribution is 7.16. The third-order valence-corrected chi connectivity index (χ3v) is 4.93. The summed E-state index contributed by atoms with van der Waals surface area (Å²) in [7, 11) is 0. The van der Waals surface area contributed by atoms with Crippen LogP contribution in [-0.2, 0) is 0 Å². The van der Waals surface area contributed by atoms with Crippen LogP contribution in [0.15, 0.2) is 53.3 Å². The van der Waals surface area contributed by atoms with Gasteiger partial charge in [0, 0.05) is 15.8 Å². The molecule has 0 aliphatic rings. The lowest BCUT2D eigenvalue weighted by molar-refractivity contribution is 0.102. The molecule has 0 aliphatic carbocycles. The lowest BCUT2D eigenvalue weighted by atomic mass is 10.1. The lowest BCUT2D eigenvalue weighted by Crippen LogP contribution is -2.19. The summed E-state index contributed by atoms with van der Waals surface area (Å²) >= 11 is 1.31. The van der Waals surface area contributed by atoms with Crippen molar-refractivity contribution >= 4 is 33.1 Å². The molecule has 0 radical (unpaired) electrons. The number of aromatic amines is 1. The second-order valence-electron chi connectivity index (χ2n) is 5.83. The van der Waals surface area contributed by atoms with Crippen LogP contribution in [0, 0.1) is 12.7 Å². The standard InChI is InChI=1S/C19H13FN4O2S/c1-10-15(11-6-8-12(20)9-7-11)21-19(27-10)22-18(26)16-13-4-2-3-5-14(13)17(25)24-23-16/h2-9H,1H3,(H,24,25)(H,21,22,26). The highest BCUT2D eigenvalue weighted by Crippen LogP contribution is 2.30. The summed E-state index contributed by atoms with van der Waals surface area (Å²) in [6, 6.07) is 12.8. The molecule has 134 valence electrons. The number of anilines is 1. The van der Waals surface area contributed by atoms with Crippen molar-refractivity contribution in [3.8, 4) is 11.3 Å². The van der Waals surface area contributed by atoms with E-state index in [2.05, 4.69) is 20.5 Å². The van der Waals surface area contributed by atoms with Gasteiger partial charge in [0.1, 0.15) is 5.82 Å². The Balaban J connectivity index is 1.67. The van der Waals surface area contributed by atoms with Gasteiger partial charge in [0.05, 0.1) is 11.1 Å². The molecule has 2 aromatic heterocycles. The summed E-state index contributed by atoms with van der Waals surface area (Å²) in [5.74, 6) is -0.793. The van der Waals surface area contributed by atoms with E-state index < -0.39 is 5.91 Å². The zero-order valence-electron chi connectivity index (χ0n) is 14.1. The van der Waals surface area contributed by atoms with Crippen LogP contribution in [0.4, 0.5) is 9.52 Å². The molecule has 4 rings (SSSR count). The molecule has 0 spiro atoms. The Morgan fingerprint density at radius 3 is 2.56 bits per heavy atom. The van der Waals surface area contributed by atoms with E-state index in [9.17, 15) is 14.0 Å². The van der Waals surface area contributed by atoms with Crippen molar-refractivity contribution in [2.75, 3.05) is 5.32 Å². The van der Waals surface area contributed by atoms with Crippen molar-refractivity contribution in [1.29, 1.82) is 0 Å². The number of fused-ring (bicyclic) bond motifs is 1. The van der Waals surface area contributed by atoms with E-state index >= 15 is 0 Å². The number of halogens is 1. The van der Waals surface area contributed by atoms with E-state index in [0.717, 1.165) is 10.4 Å². The van der Waals surface area contributed by atoms with Gasteiger partial charge in [0.2, 0.25) is 0 Å². The number of carbonyl (C=O) groups is 1. The first-order valence-electron chi connectivity index (χ1n) is 8.05. The first-order valence-corrected chi connectivity index (χ1v) is 8.87. The Morgan fingerprint density at radius 2 is 1.81 bits per heavy atom. The van der Waals surface area contributed by atoms with Crippen LogP contribution in [-0.4, -0.2) is 21.1 Å². The summed E-state index contributed by atoms with van der Waals surface area (Å²) in [6.07, 6.45) is 0. The van der Waals surface area contributed by atoms with Gasteiger partial charge < -0.3 is 0 Å². The summed E-state index contributed by atoms with van der Waals surface area (Å²) in [5, 5.41) is 10.2. The van der Waals surface area contributed by atoms with Gasteiger partial charge in [0.15, 0.2) is 10.8 Å². The number of thiazole rings is 1. The maximum absolute atomic E-state index is 13.1. The van der Waals surface area contributed by atoms with Gasteiger partial charge in [-0.1, -0.05) is 18.2 Å². The van der Waals surface area contributed by atoms with E-state index in [1.807, 2.05) is 6.92 Å². The number of hydrogen-bond donors (Lipinski definition) is 2. The average molecular weight is 380 g/mol. The normalized spacial score (nSPS) is 10.9. The molecule has 0 saturated carbocycles. The SMILES string of the molecule is Cc1sc(NC(=O)c2n[nH]c(=O)c3ccccc23)nc1-c1ccc(F)cc1. The highest BCUT2D eigenvalue weighted by atomic mass is 32.1. The van der Waals surface area contributed by atoms with E-state index in [4.69, 9.17) is 0 Å². The topological polar surface area (TPSA) is 87.7 Å². The molecule has 6 nitrogen and oxygen atoms in total. The quantitative estimate of drug-likeness (QED) is 0.567. The fourth-order valence-corrected chi connectivity index (χ4v) is 3.60. The maximum Gasteiger partial charge on any atom is 0.278 e. The van der Waals surface area contributed by atoms with Crippen molar-refractivity contribution in [3.63, 3.8) is 0 Å². The van der Waals surface area contributed by atoms with Gasteiger partial charge in [-0.25, -0.2) is 14.5 Å². The summed E-state index contributed by atoms with van der Waals surface area (Å²) in [6.45, 7) is 1.87. The third kappa shape index (κ3) is 3.22. The number of benzene rings is 2. The second kappa shape index (κ2) is 6.73. The molecule has 0 bridgehead atoms. The minimum Gasteiger partial charge on any atom is -0.296 e. The summed E-state index contributed by atoms with van der Waals surface area (Å²) < 4.78 is 13.1. The van der Waals surface area contributed by atoms with Gasteiger partial charge in [-0.15, -0.1) is 11.3 Å². The lowest BCUT2D eigenvalue weighted by Gasteiger charge is -2.04. The van der Waals surface area contributed by atoms with Crippen molar-refractivity contribution in [2.24, 2.45) is 0 Å². The molecule has 0 atom stereocenters. The average Bonchev–Trinajstić information content (AvgIpc) is 3.03. The van der Waals surface area contributed by atoms with Crippen LogP contribution in [0.25, 0.3) is 22.0 Å². The fraction of sp³-hybridized carbons (Fsp3) is 0.0526. The zero-order valence-corrected chi connectivity index (χ0v) is 14.9. The highest BCUT2D eigenvalue weighted by Gasteiger charge is 2.17. The number of amides is 1. The molecular weight excluding hydrogens is 367 g/mol. The van der Waals surface area contributed by atoms with Crippen LogP contribution in [0.1, 0.15) is 15.4 Å². The minimum atomic E-state index is -0.471. The number of aromatic nitrogens is 3. The summed E-state index contributed by atoms with van der Waals surface area (Å²) in [5.41, 5.74) is 1.19. The monoisotopic (exact) mass is 380 g/mol. The molecule has 2 heterocycles. The number of nitrogens with one attached hydrogen (secondary N) is 2. The Kier molecular flexibility index (Phi) is 4.25. The van der Waals surface area contributed by atoms with Gasteiger partial charge >= 0.3 is 0 Å². The van der Waals surface area contributed by atoms with Gasteiger partial charge in [0.25, 0.3) is 11.5 Å². The second-order valence-corrected chi connectivity index (χ2v) is 7.03. The molecule has 2 N–H and O–H groups in total. The molecule has 0 unspecified atom stereocenters. The van der Waals surface area contributed by atoms with E-state index in [-0.39, 0.29) is 17.1 Å². The zero-order chi connectivity index (χ0) is 19.0. The molecule has 1 amide bonds. The van der Waals surface area contributed by atoms with E-state index in [1.165, 1.54) is 23.5 Å². The predicted octanol–water partition coefficient (Wildman–Crippen LogP) is 3.75. The first-order chi connectivity index (χ1) is 13.0. The van der Waals surface area contributed by atoms with Gasteiger partial charge in [-0.3, -0.25) is 14.9 Å². The van der Waals surface area contributed by atoms with Gasteiger partial charge in [-0.2, -0.15) is 5.10 Å². The van der Waals surface area contributed by atoms with Crippen LogP contribution in [0.3, 0.4) is 0 Å². The van der Waals surface area contributed by atoms with Gasteiger partial charge in [-0.05, 0) is 37.3 Å². The number of hydrogen-bond acceptors (Lipinski definition) is 5. The van der Waals surface area contributed by atoms with Crippen LogP contribution < -0.4 is 10.9 Å². The molecule has 2 aromatic carbocycles. The molecule has 0 fully saturated rings.